The lowest BCUT2D eigenvalue weighted by atomic mass is 10.1. The third-order valence-corrected chi connectivity index (χ3v) is 3.17. The van der Waals surface area contributed by atoms with Gasteiger partial charge in [0.15, 0.2) is 0 Å². The molecule has 15 heavy (non-hydrogen) atoms. The van der Waals surface area contributed by atoms with Crippen LogP contribution in [0.25, 0.3) is 0 Å². The van der Waals surface area contributed by atoms with Crippen LogP contribution in [0.4, 0.5) is 4.79 Å². The van der Waals surface area contributed by atoms with Gasteiger partial charge in [-0.15, -0.1) is 0 Å². The molecule has 1 N–H and O–H groups in total. The minimum absolute atomic E-state index is 0.00940. The van der Waals surface area contributed by atoms with Gasteiger partial charge in [-0.3, -0.25) is 0 Å². The van der Waals surface area contributed by atoms with Gasteiger partial charge in [0.1, 0.15) is 5.60 Å². The Bertz CT molecular complexity index is 271. The molecule has 2 bridgehead atoms. The number of aliphatic hydroxyl groups excluding tert-OH is 1. The van der Waals surface area contributed by atoms with E-state index in [1.165, 1.54) is 0 Å². The summed E-state index contributed by atoms with van der Waals surface area (Å²) in [4.78, 5) is 13.5. The van der Waals surface area contributed by atoms with Gasteiger partial charge < -0.3 is 14.7 Å². The summed E-state index contributed by atoms with van der Waals surface area (Å²) in [5, 5.41) is 9.80. The van der Waals surface area contributed by atoms with Crippen molar-refractivity contribution >= 4 is 6.09 Å². The van der Waals surface area contributed by atoms with Crippen LogP contribution in [0.2, 0.25) is 0 Å². The second kappa shape index (κ2) is 3.37. The van der Waals surface area contributed by atoms with Crippen LogP contribution < -0.4 is 0 Å². The van der Waals surface area contributed by atoms with Crippen molar-refractivity contribution in [3.63, 3.8) is 0 Å². The highest BCUT2D eigenvalue weighted by Gasteiger charge is 2.48. The minimum Gasteiger partial charge on any atom is -0.444 e. The summed E-state index contributed by atoms with van der Waals surface area (Å²) in [5.41, 5.74) is -0.454. The molecule has 1 amide bonds. The van der Waals surface area contributed by atoms with E-state index in [9.17, 15) is 9.90 Å². The zero-order valence-corrected chi connectivity index (χ0v) is 9.56. The first-order chi connectivity index (χ1) is 6.88. The van der Waals surface area contributed by atoms with Gasteiger partial charge in [-0.2, -0.15) is 0 Å². The lowest BCUT2D eigenvalue weighted by Gasteiger charge is -2.29. The molecular weight excluding hydrogens is 194 g/mol. The minimum atomic E-state index is -0.454. The average Bonchev–Trinajstić information content (AvgIpc) is 2.59. The van der Waals surface area contributed by atoms with E-state index in [2.05, 4.69) is 0 Å². The summed E-state index contributed by atoms with van der Waals surface area (Å²) >= 11 is 0. The van der Waals surface area contributed by atoms with Crippen LogP contribution >= 0.6 is 0 Å². The second-order valence-electron chi connectivity index (χ2n) is 5.53. The number of hydrogen-bond donors (Lipinski definition) is 1. The first kappa shape index (κ1) is 10.7. The Labute approximate surface area is 90.2 Å². The van der Waals surface area contributed by atoms with Crippen LogP contribution in [-0.4, -0.2) is 40.4 Å². The summed E-state index contributed by atoms with van der Waals surface area (Å²) in [7, 11) is 0. The molecule has 2 fully saturated rings. The number of amides is 1. The highest BCUT2D eigenvalue weighted by Crippen LogP contribution is 2.38. The third-order valence-electron chi connectivity index (χ3n) is 3.17. The maximum Gasteiger partial charge on any atom is 0.410 e. The number of fused-ring (bicyclic) bond motifs is 2. The fraction of sp³-hybridized carbons (Fsp3) is 0.909. The smallest absolute Gasteiger partial charge is 0.410 e. The standard InChI is InChI=1S/C11H19NO3/c1-11(2,3)15-10(14)12-6-7-4-5-8(12)9(7)13/h7-9,13H,4-6H2,1-3H3/t7?,8?,9-/m0/s1. The fourth-order valence-electron chi connectivity index (χ4n) is 2.50. The van der Waals surface area contributed by atoms with Gasteiger partial charge in [0, 0.05) is 12.5 Å². The second-order valence-corrected chi connectivity index (χ2v) is 5.53. The van der Waals surface area contributed by atoms with Crippen LogP contribution in [0, 0.1) is 5.92 Å². The number of nitrogens with zero attached hydrogens (tertiary/aromatic N) is 1. The Hall–Kier alpha value is -0.770. The molecule has 4 nitrogen and oxygen atoms in total. The van der Waals surface area contributed by atoms with Crippen LogP contribution in [0.5, 0.6) is 0 Å². The molecule has 3 atom stereocenters. The molecule has 1 saturated heterocycles. The molecule has 1 saturated carbocycles. The van der Waals surface area contributed by atoms with Crippen molar-refractivity contribution in [2.75, 3.05) is 6.54 Å². The van der Waals surface area contributed by atoms with Crippen LogP contribution in [-0.2, 0) is 4.74 Å². The number of carbonyl (C=O) groups excluding carboxylic acids is 1. The van der Waals surface area contributed by atoms with E-state index in [4.69, 9.17) is 4.74 Å². The summed E-state index contributed by atoms with van der Waals surface area (Å²) in [6.45, 7) is 6.22. The van der Waals surface area contributed by atoms with E-state index < -0.39 is 5.60 Å². The number of carbonyl (C=O) groups is 1. The van der Waals surface area contributed by atoms with Crippen molar-refractivity contribution in [2.24, 2.45) is 5.92 Å². The largest absolute Gasteiger partial charge is 0.444 e. The fourth-order valence-corrected chi connectivity index (χ4v) is 2.50. The zero-order valence-electron chi connectivity index (χ0n) is 9.56. The summed E-state index contributed by atoms with van der Waals surface area (Å²) in [6.07, 6.45) is 1.32. The van der Waals surface area contributed by atoms with Gasteiger partial charge in [-0.1, -0.05) is 0 Å². The van der Waals surface area contributed by atoms with E-state index >= 15 is 0 Å². The first-order valence-corrected chi connectivity index (χ1v) is 5.56. The normalized spacial score (nSPS) is 34.7. The van der Waals surface area contributed by atoms with E-state index in [1.807, 2.05) is 20.8 Å². The lowest BCUT2D eigenvalue weighted by Crippen LogP contribution is -2.42. The lowest BCUT2D eigenvalue weighted by molar-refractivity contribution is 0.0151. The average molecular weight is 213 g/mol. The molecule has 1 heterocycles. The van der Waals surface area contributed by atoms with Gasteiger partial charge in [-0.25, -0.2) is 4.79 Å². The number of ether oxygens (including phenoxy) is 1. The van der Waals surface area contributed by atoms with Gasteiger partial charge in [0.05, 0.1) is 12.1 Å². The van der Waals surface area contributed by atoms with Crippen molar-refractivity contribution in [2.45, 2.75) is 51.4 Å². The van der Waals surface area contributed by atoms with Crippen LogP contribution in [0.1, 0.15) is 33.6 Å². The van der Waals surface area contributed by atoms with Crippen LogP contribution in [0.15, 0.2) is 0 Å². The Morgan fingerprint density at radius 3 is 2.47 bits per heavy atom. The molecule has 0 aromatic rings. The molecule has 2 aliphatic rings. The summed E-state index contributed by atoms with van der Waals surface area (Å²) in [6, 6.07) is -0.00940. The van der Waals surface area contributed by atoms with Crippen molar-refractivity contribution in [3.05, 3.63) is 0 Å². The summed E-state index contributed by atoms with van der Waals surface area (Å²) < 4.78 is 5.30. The summed E-state index contributed by atoms with van der Waals surface area (Å²) in [5.74, 6) is 0.266. The Balaban J connectivity index is 1.99. The number of rotatable bonds is 0. The number of likely N-dealkylation sites (tertiary alicyclic amines) is 1. The first-order valence-electron chi connectivity index (χ1n) is 5.56. The quantitative estimate of drug-likeness (QED) is 0.661. The molecule has 2 rings (SSSR count). The molecule has 2 unspecified atom stereocenters. The Morgan fingerprint density at radius 1 is 1.40 bits per heavy atom. The molecule has 0 radical (unpaired) electrons. The van der Waals surface area contributed by atoms with Crippen molar-refractivity contribution < 1.29 is 14.6 Å². The Kier molecular flexibility index (Phi) is 2.41. The highest BCUT2D eigenvalue weighted by molar-refractivity contribution is 5.69. The van der Waals surface area contributed by atoms with Crippen molar-refractivity contribution in [3.8, 4) is 0 Å². The highest BCUT2D eigenvalue weighted by atomic mass is 16.6. The molecule has 86 valence electrons. The maximum atomic E-state index is 11.8. The van der Waals surface area contributed by atoms with Gasteiger partial charge in [0.25, 0.3) is 0 Å². The van der Waals surface area contributed by atoms with E-state index in [0.29, 0.717) is 6.54 Å². The SMILES string of the molecule is CC(C)(C)OC(=O)N1CC2CCC1[C@H]2O. The Morgan fingerprint density at radius 2 is 2.07 bits per heavy atom. The zero-order chi connectivity index (χ0) is 11.2. The third kappa shape index (κ3) is 1.95. The van der Waals surface area contributed by atoms with E-state index in [0.717, 1.165) is 12.8 Å². The molecule has 1 aliphatic heterocycles. The van der Waals surface area contributed by atoms with Crippen molar-refractivity contribution in [1.82, 2.24) is 4.90 Å². The molecule has 0 aromatic heterocycles. The predicted octanol–water partition coefficient (Wildman–Crippen LogP) is 1.38. The maximum absolute atomic E-state index is 11.8. The number of piperidine rings is 1. The van der Waals surface area contributed by atoms with E-state index in [-0.39, 0.29) is 24.2 Å². The molecule has 0 aromatic carbocycles. The molecule has 0 spiro atoms. The number of hydrogen-bond acceptors (Lipinski definition) is 3. The molecular formula is C11H19NO3. The van der Waals surface area contributed by atoms with E-state index in [1.54, 1.807) is 4.90 Å². The van der Waals surface area contributed by atoms with Crippen LogP contribution in [0.3, 0.4) is 0 Å². The molecule has 1 aliphatic carbocycles. The van der Waals surface area contributed by atoms with Gasteiger partial charge in [-0.05, 0) is 33.6 Å². The van der Waals surface area contributed by atoms with Crippen molar-refractivity contribution in [1.29, 1.82) is 0 Å². The van der Waals surface area contributed by atoms with Gasteiger partial charge >= 0.3 is 6.09 Å². The number of aliphatic hydroxyl groups is 1. The predicted molar refractivity (Wildman–Crippen MR) is 55.5 cm³/mol. The topological polar surface area (TPSA) is 49.8 Å². The monoisotopic (exact) mass is 213 g/mol. The molecule has 4 heteroatoms. The van der Waals surface area contributed by atoms with Gasteiger partial charge in [0.2, 0.25) is 0 Å².